The Morgan fingerprint density at radius 1 is 1.38 bits per heavy atom. The molecule has 0 aromatic heterocycles. The van der Waals surface area contributed by atoms with Gasteiger partial charge in [-0.1, -0.05) is 37.3 Å². The third-order valence-electron chi connectivity index (χ3n) is 4.12. The van der Waals surface area contributed by atoms with E-state index in [1.165, 1.54) is 0 Å². The molecule has 1 aliphatic rings. The van der Waals surface area contributed by atoms with Crippen LogP contribution in [0, 0.1) is 5.92 Å². The molecule has 4 heteroatoms. The van der Waals surface area contributed by atoms with Crippen LogP contribution in [0.25, 0.3) is 0 Å². The van der Waals surface area contributed by atoms with E-state index in [9.17, 15) is 4.79 Å². The summed E-state index contributed by atoms with van der Waals surface area (Å²) in [5, 5.41) is 6.57. The third kappa shape index (κ3) is 4.55. The Bertz CT molecular complexity index is 447. The van der Waals surface area contributed by atoms with Gasteiger partial charge in [-0.2, -0.15) is 0 Å². The number of piperidine rings is 1. The Morgan fingerprint density at radius 2 is 2.10 bits per heavy atom. The number of carbonyl (C=O) groups is 1. The Morgan fingerprint density at radius 3 is 2.71 bits per heavy atom. The van der Waals surface area contributed by atoms with Crippen molar-refractivity contribution in [2.75, 3.05) is 27.2 Å². The third-order valence-corrected chi connectivity index (χ3v) is 4.12. The van der Waals surface area contributed by atoms with Gasteiger partial charge < -0.3 is 15.5 Å². The molecule has 0 spiro atoms. The van der Waals surface area contributed by atoms with Crippen molar-refractivity contribution in [1.29, 1.82) is 0 Å². The van der Waals surface area contributed by atoms with Crippen molar-refractivity contribution in [2.24, 2.45) is 5.92 Å². The summed E-state index contributed by atoms with van der Waals surface area (Å²) in [6.07, 6.45) is 2.28. The first-order valence-electron chi connectivity index (χ1n) is 7.81. The largest absolute Gasteiger partial charge is 0.347 e. The number of nitrogens with one attached hydrogen (secondary N) is 2. The predicted molar refractivity (Wildman–Crippen MR) is 86.1 cm³/mol. The fourth-order valence-corrected chi connectivity index (χ4v) is 2.95. The molecule has 21 heavy (non-hydrogen) atoms. The molecule has 0 radical (unpaired) electrons. The molecule has 4 nitrogen and oxygen atoms in total. The van der Waals surface area contributed by atoms with Gasteiger partial charge in [0.2, 0.25) is 5.91 Å². The molecule has 1 aromatic carbocycles. The number of hydrogen-bond donors (Lipinski definition) is 2. The molecule has 1 heterocycles. The van der Waals surface area contributed by atoms with E-state index in [2.05, 4.69) is 34.6 Å². The highest BCUT2D eigenvalue weighted by molar-refractivity contribution is 5.82. The predicted octanol–water partition coefficient (Wildman–Crippen LogP) is 1.79. The summed E-state index contributed by atoms with van der Waals surface area (Å²) in [5.41, 5.74) is 1.16. The number of nitrogens with zero attached hydrogens (tertiary/aromatic N) is 1. The summed E-state index contributed by atoms with van der Waals surface area (Å²) in [4.78, 5) is 14.7. The molecule has 2 N–H and O–H groups in total. The van der Waals surface area contributed by atoms with E-state index in [1.807, 2.05) is 32.3 Å². The standard InChI is InChI=1S/C17H27N3O/c1-13-8-7-11-18-16(13)17(21)19-15(12-20(2)3)14-9-5-4-6-10-14/h4-6,9-10,13,15-16,18H,7-8,11-12H2,1-3H3,(H,19,21). The van der Waals surface area contributed by atoms with Crippen LogP contribution in [0.15, 0.2) is 30.3 Å². The molecule has 116 valence electrons. The van der Waals surface area contributed by atoms with Crippen LogP contribution in [0.4, 0.5) is 0 Å². The Labute approximate surface area is 127 Å². The molecule has 1 aliphatic heterocycles. The fourth-order valence-electron chi connectivity index (χ4n) is 2.95. The fraction of sp³-hybridized carbons (Fsp3) is 0.588. The highest BCUT2D eigenvalue weighted by Gasteiger charge is 2.29. The van der Waals surface area contributed by atoms with Crippen LogP contribution in [-0.2, 0) is 4.79 Å². The van der Waals surface area contributed by atoms with E-state index in [0.717, 1.165) is 31.5 Å². The topological polar surface area (TPSA) is 44.4 Å². The van der Waals surface area contributed by atoms with Gasteiger partial charge in [-0.25, -0.2) is 0 Å². The summed E-state index contributed by atoms with van der Waals surface area (Å²) in [7, 11) is 4.06. The van der Waals surface area contributed by atoms with E-state index < -0.39 is 0 Å². The van der Waals surface area contributed by atoms with Gasteiger partial charge in [-0.3, -0.25) is 4.79 Å². The SMILES string of the molecule is CC1CCCNC1C(=O)NC(CN(C)C)c1ccccc1. The zero-order valence-corrected chi connectivity index (χ0v) is 13.3. The van der Waals surface area contributed by atoms with Gasteiger partial charge in [0, 0.05) is 6.54 Å². The second-order valence-electron chi connectivity index (χ2n) is 6.29. The molecule has 0 saturated carbocycles. The lowest BCUT2D eigenvalue weighted by molar-refractivity contribution is -0.125. The first-order valence-corrected chi connectivity index (χ1v) is 7.81. The number of hydrogen-bond acceptors (Lipinski definition) is 3. The van der Waals surface area contributed by atoms with Gasteiger partial charge in [0.15, 0.2) is 0 Å². The maximum absolute atomic E-state index is 12.6. The van der Waals surface area contributed by atoms with Crippen LogP contribution in [0.1, 0.15) is 31.4 Å². The maximum atomic E-state index is 12.6. The van der Waals surface area contributed by atoms with Crippen LogP contribution in [0.2, 0.25) is 0 Å². The van der Waals surface area contributed by atoms with Crippen LogP contribution in [0.3, 0.4) is 0 Å². The molecular weight excluding hydrogens is 262 g/mol. The lowest BCUT2D eigenvalue weighted by Crippen LogP contribution is -2.52. The monoisotopic (exact) mass is 289 g/mol. The summed E-state index contributed by atoms with van der Waals surface area (Å²) in [5.74, 6) is 0.521. The highest BCUT2D eigenvalue weighted by atomic mass is 16.2. The molecule has 1 amide bonds. The first kappa shape index (κ1) is 16.0. The number of likely N-dealkylation sites (N-methyl/N-ethyl adjacent to an activating group) is 1. The Balaban J connectivity index is 2.06. The summed E-state index contributed by atoms with van der Waals surface area (Å²) in [6, 6.07) is 10.2. The second-order valence-corrected chi connectivity index (χ2v) is 6.29. The molecule has 1 fully saturated rings. The van der Waals surface area contributed by atoms with Crippen molar-refractivity contribution in [3.05, 3.63) is 35.9 Å². The zero-order valence-electron chi connectivity index (χ0n) is 13.3. The number of carbonyl (C=O) groups excluding carboxylic acids is 1. The van der Waals surface area contributed by atoms with Gasteiger partial charge in [-0.05, 0) is 45.0 Å². The molecule has 3 unspecified atom stereocenters. The average Bonchev–Trinajstić information content (AvgIpc) is 2.47. The van der Waals surface area contributed by atoms with Gasteiger partial charge in [-0.15, -0.1) is 0 Å². The lowest BCUT2D eigenvalue weighted by atomic mass is 9.92. The molecular formula is C17H27N3O. The van der Waals surface area contributed by atoms with Gasteiger partial charge in [0.25, 0.3) is 0 Å². The second kappa shape index (κ2) is 7.57. The Kier molecular flexibility index (Phi) is 5.76. The molecule has 0 aliphatic carbocycles. The minimum atomic E-state index is -0.0628. The summed E-state index contributed by atoms with van der Waals surface area (Å²) < 4.78 is 0. The number of rotatable bonds is 5. The highest BCUT2D eigenvalue weighted by Crippen LogP contribution is 2.18. The van der Waals surface area contributed by atoms with Crippen molar-refractivity contribution in [1.82, 2.24) is 15.5 Å². The van der Waals surface area contributed by atoms with Gasteiger partial charge >= 0.3 is 0 Å². The first-order chi connectivity index (χ1) is 10.1. The van der Waals surface area contributed by atoms with Gasteiger partial charge in [0.1, 0.15) is 0 Å². The number of amides is 1. The molecule has 3 atom stereocenters. The minimum absolute atomic E-state index is 0.0321. The summed E-state index contributed by atoms with van der Waals surface area (Å²) in [6.45, 7) is 3.89. The van der Waals surface area contributed by atoms with Crippen LogP contribution < -0.4 is 10.6 Å². The quantitative estimate of drug-likeness (QED) is 0.868. The van der Waals surface area contributed by atoms with Crippen molar-refractivity contribution in [3.8, 4) is 0 Å². The number of benzene rings is 1. The van der Waals surface area contributed by atoms with E-state index in [1.54, 1.807) is 0 Å². The molecule has 1 aromatic rings. The van der Waals surface area contributed by atoms with E-state index in [-0.39, 0.29) is 18.0 Å². The molecule has 1 saturated heterocycles. The normalized spacial score (nSPS) is 23.8. The molecule has 2 rings (SSSR count). The lowest BCUT2D eigenvalue weighted by Gasteiger charge is -2.31. The van der Waals surface area contributed by atoms with Crippen molar-refractivity contribution in [3.63, 3.8) is 0 Å². The van der Waals surface area contributed by atoms with Crippen LogP contribution in [0.5, 0.6) is 0 Å². The summed E-state index contributed by atoms with van der Waals surface area (Å²) >= 11 is 0. The molecule has 0 bridgehead atoms. The van der Waals surface area contributed by atoms with Crippen LogP contribution >= 0.6 is 0 Å². The Hall–Kier alpha value is -1.39. The van der Waals surface area contributed by atoms with E-state index >= 15 is 0 Å². The van der Waals surface area contributed by atoms with E-state index in [0.29, 0.717) is 5.92 Å². The minimum Gasteiger partial charge on any atom is -0.347 e. The van der Waals surface area contributed by atoms with Crippen molar-refractivity contribution in [2.45, 2.75) is 31.8 Å². The smallest absolute Gasteiger partial charge is 0.237 e. The van der Waals surface area contributed by atoms with Crippen LogP contribution in [-0.4, -0.2) is 44.0 Å². The maximum Gasteiger partial charge on any atom is 0.237 e. The average molecular weight is 289 g/mol. The van der Waals surface area contributed by atoms with Crippen molar-refractivity contribution >= 4 is 5.91 Å². The van der Waals surface area contributed by atoms with Crippen molar-refractivity contribution < 1.29 is 4.79 Å². The van der Waals surface area contributed by atoms with Gasteiger partial charge in [0.05, 0.1) is 12.1 Å². The zero-order chi connectivity index (χ0) is 15.2. The van der Waals surface area contributed by atoms with E-state index in [4.69, 9.17) is 0 Å².